The number of aliphatic hydroxyl groups excluding tert-OH is 1. The Morgan fingerprint density at radius 3 is 2.82 bits per heavy atom. The van der Waals surface area contributed by atoms with E-state index in [2.05, 4.69) is 0 Å². The van der Waals surface area contributed by atoms with Crippen molar-refractivity contribution in [1.29, 1.82) is 5.41 Å². The van der Waals surface area contributed by atoms with Gasteiger partial charge in [0.2, 0.25) is 0 Å². The zero-order valence-corrected chi connectivity index (χ0v) is 6.79. The molecule has 0 aromatic heterocycles. The van der Waals surface area contributed by atoms with Crippen molar-refractivity contribution in [3.63, 3.8) is 0 Å². The Morgan fingerprint density at radius 1 is 1.55 bits per heavy atom. The van der Waals surface area contributed by atoms with Gasteiger partial charge in [0.1, 0.15) is 0 Å². The lowest BCUT2D eigenvalue weighted by molar-refractivity contribution is 0.00731. The lowest BCUT2D eigenvalue weighted by Crippen LogP contribution is -2.33. The number of nitrogens with one attached hydrogen (secondary N) is 1. The fraction of sp³-hybridized carbons (Fsp3) is 0.875. The molecule has 1 aliphatic rings. The van der Waals surface area contributed by atoms with Crippen LogP contribution >= 0.6 is 0 Å². The minimum absolute atomic E-state index is 0.00806. The molecule has 1 fully saturated rings. The van der Waals surface area contributed by atoms with Gasteiger partial charge in [-0.2, -0.15) is 0 Å². The van der Waals surface area contributed by atoms with Crippen molar-refractivity contribution in [3.8, 4) is 0 Å². The van der Waals surface area contributed by atoms with Gasteiger partial charge in [0.25, 0.3) is 0 Å². The van der Waals surface area contributed by atoms with E-state index < -0.39 is 0 Å². The minimum Gasteiger partial charge on any atom is -0.392 e. The van der Waals surface area contributed by atoms with E-state index in [4.69, 9.17) is 10.1 Å². The van der Waals surface area contributed by atoms with Gasteiger partial charge in [-0.15, -0.1) is 0 Å². The summed E-state index contributed by atoms with van der Waals surface area (Å²) in [5.41, 5.74) is 0. The van der Waals surface area contributed by atoms with Crippen molar-refractivity contribution in [2.24, 2.45) is 5.92 Å². The molecule has 0 spiro atoms. The highest BCUT2D eigenvalue weighted by atomic mass is 16.5. The first kappa shape index (κ1) is 8.68. The van der Waals surface area contributed by atoms with Gasteiger partial charge in [-0.05, 0) is 19.3 Å². The molecular weight excluding hydrogens is 142 g/mol. The Kier molecular flexibility index (Phi) is 3.02. The van der Waals surface area contributed by atoms with Gasteiger partial charge in [0, 0.05) is 19.2 Å². The summed E-state index contributed by atoms with van der Waals surface area (Å²) in [6, 6.07) is 0. The first-order chi connectivity index (χ1) is 5.27. The maximum Gasteiger partial charge on any atom is 0.0619 e. The summed E-state index contributed by atoms with van der Waals surface area (Å²) in [5.74, 6) is 0.00806. The molecule has 0 radical (unpaired) electrons. The molecule has 1 rings (SSSR count). The quantitative estimate of drug-likeness (QED) is 0.583. The second-order valence-corrected chi connectivity index (χ2v) is 3.07. The molecule has 0 aromatic carbocycles. The SMILES string of the molecule is COC1CCC(O)C(C=N)C1. The smallest absolute Gasteiger partial charge is 0.0619 e. The minimum atomic E-state index is -0.320. The van der Waals surface area contributed by atoms with Crippen molar-refractivity contribution in [2.45, 2.75) is 31.5 Å². The van der Waals surface area contributed by atoms with Gasteiger partial charge in [-0.1, -0.05) is 0 Å². The maximum absolute atomic E-state index is 9.38. The van der Waals surface area contributed by atoms with E-state index in [0.29, 0.717) is 0 Å². The molecule has 3 unspecified atom stereocenters. The predicted octanol–water partition coefficient (Wildman–Crippen LogP) is 0.812. The summed E-state index contributed by atoms with van der Waals surface area (Å²) in [5, 5.41) is 16.4. The average Bonchev–Trinajstić information content (AvgIpc) is 2.05. The lowest BCUT2D eigenvalue weighted by atomic mass is 9.85. The first-order valence-corrected chi connectivity index (χ1v) is 3.99. The fourth-order valence-corrected chi connectivity index (χ4v) is 1.54. The van der Waals surface area contributed by atoms with E-state index in [1.165, 1.54) is 6.21 Å². The van der Waals surface area contributed by atoms with Crippen molar-refractivity contribution in [1.82, 2.24) is 0 Å². The van der Waals surface area contributed by atoms with E-state index in [-0.39, 0.29) is 18.1 Å². The molecule has 0 heterocycles. The molecule has 3 atom stereocenters. The van der Waals surface area contributed by atoms with Gasteiger partial charge >= 0.3 is 0 Å². The van der Waals surface area contributed by atoms with Crippen LogP contribution in [0.5, 0.6) is 0 Å². The van der Waals surface area contributed by atoms with Crippen molar-refractivity contribution in [3.05, 3.63) is 0 Å². The van der Waals surface area contributed by atoms with E-state index >= 15 is 0 Å². The van der Waals surface area contributed by atoms with Crippen LogP contribution in [0.3, 0.4) is 0 Å². The van der Waals surface area contributed by atoms with Crippen LogP contribution in [-0.4, -0.2) is 30.6 Å². The molecule has 0 bridgehead atoms. The Balaban J connectivity index is 2.43. The molecular formula is C8H15NO2. The predicted molar refractivity (Wildman–Crippen MR) is 42.9 cm³/mol. The third-order valence-electron chi connectivity index (χ3n) is 2.36. The highest BCUT2D eigenvalue weighted by Gasteiger charge is 2.27. The van der Waals surface area contributed by atoms with Crippen molar-refractivity contribution in [2.75, 3.05) is 7.11 Å². The third kappa shape index (κ3) is 2.01. The Morgan fingerprint density at radius 2 is 2.27 bits per heavy atom. The molecule has 0 aromatic rings. The molecule has 11 heavy (non-hydrogen) atoms. The van der Waals surface area contributed by atoms with E-state index in [1.54, 1.807) is 7.11 Å². The molecule has 64 valence electrons. The van der Waals surface area contributed by atoms with Gasteiger partial charge in [0.15, 0.2) is 0 Å². The summed E-state index contributed by atoms with van der Waals surface area (Å²) in [7, 11) is 1.68. The first-order valence-electron chi connectivity index (χ1n) is 3.99. The van der Waals surface area contributed by atoms with Gasteiger partial charge < -0.3 is 15.3 Å². The monoisotopic (exact) mass is 157 g/mol. The van der Waals surface area contributed by atoms with Crippen molar-refractivity contribution >= 4 is 6.21 Å². The average molecular weight is 157 g/mol. The van der Waals surface area contributed by atoms with Crippen LogP contribution in [-0.2, 0) is 4.74 Å². The van der Waals surface area contributed by atoms with E-state index in [0.717, 1.165) is 19.3 Å². The second-order valence-electron chi connectivity index (χ2n) is 3.07. The highest BCUT2D eigenvalue weighted by Crippen LogP contribution is 2.24. The summed E-state index contributed by atoms with van der Waals surface area (Å²) in [6.45, 7) is 0. The normalized spacial score (nSPS) is 38.5. The number of aliphatic hydroxyl groups is 1. The topological polar surface area (TPSA) is 53.3 Å². The van der Waals surface area contributed by atoms with E-state index in [9.17, 15) is 5.11 Å². The Hall–Kier alpha value is -0.410. The van der Waals surface area contributed by atoms with Crippen LogP contribution in [0.15, 0.2) is 0 Å². The van der Waals surface area contributed by atoms with Crippen LogP contribution in [0.2, 0.25) is 0 Å². The zero-order valence-electron chi connectivity index (χ0n) is 6.79. The molecule has 2 N–H and O–H groups in total. The molecule has 3 nitrogen and oxygen atoms in total. The maximum atomic E-state index is 9.38. The summed E-state index contributed by atoms with van der Waals surface area (Å²) in [4.78, 5) is 0. The van der Waals surface area contributed by atoms with Gasteiger partial charge in [0.05, 0.1) is 12.2 Å². The largest absolute Gasteiger partial charge is 0.392 e. The van der Waals surface area contributed by atoms with Gasteiger partial charge in [-0.3, -0.25) is 0 Å². The van der Waals surface area contributed by atoms with Gasteiger partial charge in [-0.25, -0.2) is 0 Å². The zero-order chi connectivity index (χ0) is 8.27. The Bertz CT molecular complexity index is 138. The molecule has 3 heteroatoms. The molecule has 0 amide bonds. The standard InChI is InChI=1S/C8H15NO2/c1-11-7-2-3-8(10)6(4-7)5-9/h5-10H,2-4H2,1H3. The number of hydrogen-bond donors (Lipinski definition) is 2. The lowest BCUT2D eigenvalue weighted by Gasteiger charge is -2.29. The molecule has 0 aliphatic heterocycles. The summed E-state index contributed by atoms with van der Waals surface area (Å²) < 4.78 is 5.16. The van der Waals surface area contributed by atoms with Crippen LogP contribution in [0.4, 0.5) is 0 Å². The Labute approximate surface area is 66.9 Å². The molecule has 1 saturated carbocycles. The number of rotatable bonds is 2. The summed E-state index contributed by atoms with van der Waals surface area (Å²) in [6.07, 6.45) is 3.72. The molecule has 0 saturated heterocycles. The van der Waals surface area contributed by atoms with Crippen LogP contribution < -0.4 is 0 Å². The number of ether oxygens (including phenoxy) is 1. The highest BCUT2D eigenvalue weighted by molar-refractivity contribution is 5.57. The van der Waals surface area contributed by atoms with E-state index in [1.807, 2.05) is 0 Å². The number of methoxy groups -OCH3 is 1. The van der Waals surface area contributed by atoms with Crippen LogP contribution in [0.1, 0.15) is 19.3 Å². The van der Waals surface area contributed by atoms with Crippen molar-refractivity contribution < 1.29 is 9.84 Å². The third-order valence-corrected chi connectivity index (χ3v) is 2.36. The fourth-order valence-electron chi connectivity index (χ4n) is 1.54. The number of hydrogen-bond acceptors (Lipinski definition) is 3. The van der Waals surface area contributed by atoms with Crippen LogP contribution in [0.25, 0.3) is 0 Å². The molecule has 1 aliphatic carbocycles. The van der Waals surface area contributed by atoms with Crippen LogP contribution in [0, 0.1) is 11.3 Å². The summed E-state index contributed by atoms with van der Waals surface area (Å²) >= 11 is 0. The second kappa shape index (κ2) is 3.83.